The van der Waals surface area contributed by atoms with Gasteiger partial charge in [-0.05, 0) is 66.9 Å². The lowest BCUT2D eigenvalue weighted by molar-refractivity contribution is -0.384. The number of carbonyl (C=O) groups excluding carboxylic acids is 1. The summed E-state index contributed by atoms with van der Waals surface area (Å²) in [6.45, 7) is 2.21. The first-order chi connectivity index (χ1) is 17.0. The van der Waals surface area contributed by atoms with Crippen molar-refractivity contribution < 1.29 is 14.1 Å². The quantitative estimate of drug-likeness (QED) is 0.219. The van der Waals surface area contributed by atoms with Gasteiger partial charge in [0.15, 0.2) is 5.17 Å². The van der Waals surface area contributed by atoms with Gasteiger partial charge in [-0.25, -0.2) is 4.99 Å². The van der Waals surface area contributed by atoms with Crippen LogP contribution in [0.4, 0.5) is 11.4 Å². The summed E-state index contributed by atoms with van der Waals surface area (Å²) in [5.74, 6) is 1.49. The third kappa shape index (κ3) is 4.93. The second kappa shape index (κ2) is 9.92. The van der Waals surface area contributed by atoms with Crippen LogP contribution in [0.25, 0.3) is 17.4 Å². The molecule has 0 radical (unpaired) electrons. The molecule has 2 heterocycles. The molecule has 1 aliphatic heterocycles. The van der Waals surface area contributed by atoms with E-state index < -0.39 is 4.92 Å². The number of para-hydroxylation sites is 1. The highest BCUT2D eigenvalue weighted by atomic mass is 32.2. The van der Waals surface area contributed by atoms with E-state index >= 15 is 0 Å². The lowest BCUT2D eigenvalue weighted by atomic mass is 9.85. The van der Waals surface area contributed by atoms with Crippen LogP contribution in [-0.2, 0) is 4.79 Å². The van der Waals surface area contributed by atoms with Crippen LogP contribution in [-0.4, -0.2) is 26.9 Å². The van der Waals surface area contributed by atoms with Gasteiger partial charge in [0.05, 0.1) is 15.5 Å². The van der Waals surface area contributed by atoms with E-state index in [1.54, 1.807) is 30.3 Å². The van der Waals surface area contributed by atoms with Crippen LogP contribution in [0.15, 0.2) is 81.0 Å². The standard InChI is InChI=1S/C27H25N3O4S/c1-18-7-5-6-10-23(18)29-26(31)25(35-27(29)28-20-8-3-2-4-9-20)17-22-15-16-24(34-22)19-11-13-21(14-12-19)30(32)33/h2-4,8-9,11-18,23H,5-7,10H2,1H3/b25-17-,28-27?/t18-,23+/m1/s1. The molecule has 1 amide bonds. The predicted octanol–water partition coefficient (Wildman–Crippen LogP) is 7.04. The molecule has 5 rings (SSSR count). The number of rotatable bonds is 5. The number of hydrogen-bond donors (Lipinski definition) is 0. The van der Waals surface area contributed by atoms with Crippen molar-refractivity contribution in [2.24, 2.45) is 10.9 Å². The second-order valence-corrected chi connectivity index (χ2v) is 9.86. The summed E-state index contributed by atoms with van der Waals surface area (Å²) in [6, 6.07) is 19.6. The Kier molecular flexibility index (Phi) is 6.55. The number of hydrogen-bond acceptors (Lipinski definition) is 6. The average molecular weight is 488 g/mol. The van der Waals surface area contributed by atoms with Crippen LogP contribution in [0, 0.1) is 16.0 Å². The Hall–Kier alpha value is -3.65. The van der Waals surface area contributed by atoms with E-state index in [2.05, 4.69) is 6.92 Å². The molecule has 2 atom stereocenters. The molecule has 1 saturated heterocycles. The van der Waals surface area contributed by atoms with Crippen molar-refractivity contribution in [2.75, 3.05) is 0 Å². The molecule has 178 valence electrons. The van der Waals surface area contributed by atoms with Crippen molar-refractivity contribution in [3.8, 4) is 11.3 Å². The highest BCUT2D eigenvalue weighted by molar-refractivity contribution is 8.18. The van der Waals surface area contributed by atoms with Crippen LogP contribution < -0.4 is 0 Å². The predicted molar refractivity (Wildman–Crippen MR) is 138 cm³/mol. The molecular formula is C27H25N3O4S. The fourth-order valence-electron chi connectivity index (χ4n) is 4.61. The first kappa shape index (κ1) is 23.1. The molecule has 2 aliphatic rings. The van der Waals surface area contributed by atoms with Crippen molar-refractivity contribution in [1.82, 2.24) is 4.90 Å². The minimum atomic E-state index is -0.432. The summed E-state index contributed by atoms with van der Waals surface area (Å²) in [5.41, 5.74) is 1.57. The molecule has 0 bridgehead atoms. The van der Waals surface area contributed by atoms with Gasteiger partial charge in [-0.15, -0.1) is 0 Å². The molecule has 7 nitrogen and oxygen atoms in total. The largest absolute Gasteiger partial charge is 0.457 e. The number of furan rings is 1. The maximum atomic E-state index is 13.6. The van der Waals surface area contributed by atoms with Gasteiger partial charge >= 0.3 is 0 Å². The Morgan fingerprint density at radius 1 is 1.06 bits per heavy atom. The van der Waals surface area contributed by atoms with Gasteiger partial charge in [-0.1, -0.05) is 38.0 Å². The van der Waals surface area contributed by atoms with E-state index in [4.69, 9.17) is 9.41 Å². The molecule has 2 fully saturated rings. The molecule has 1 aromatic heterocycles. The zero-order valence-electron chi connectivity index (χ0n) is 19.3. The minimum Gasteiger partial charge on any atom is -0.457 e. The van der Waals surface area contributed by atoms with Crippen molar-refractivity contribution in [3.05, 3.63) is 87.5 Å². The van der Waals surface area contributed by atoms with Crippen LogP contribution in [0.2, 0.25) is 0 Å². The van der Waals surface area contributed by atoms with E-state index in [-0.39, 0.29) is 17.6 Å². The SMILES string of the molecule is C[C@@H]1CCCC[C@@H]1N1C(=O)/C(=C/c2ccc(-c3ccc([N+](=O)[O-])cc3)o2)SC1=Nc1ccccc1. The van der Waals surface area contributed by atoms with E-state index in [1.807, 2.05) is 35.2 Å². The van der Waals surface area contributed by atoms with Crippen molar-refractivity contribution in [2.45, 2.75) is 38.6 Å². The summed E-state index contributed by atoms with van der Waals surface area (Å²) in [5, 5.41) is 11.6. The molecule has 1 saturated carbocycles. The molecule has 0 unspecified atom stereocenters. The monoisotopic (exact) mass is 487 g/mol. The molecule has 3 aromatic rings. The van der Waals surface area contributed by atoms with E-state index in [9.17, 15) is 14.9 Å². The molecule has 35 heavy (non-hydrogen) atoms. The van der Waals surface area contributed by atoms with Crippen LogP contribution in [0.1, 0.15) is 38.4 Å². The maximum Gasteiger partial charge on any atom is 0.269 e. The highest BCUT2D eigenvalue weighted by Gasteiger charge is 2.41. The number of non-ortho nitro benzene ring substituents is 1. The highest BCUT2D eigenvalue weighted by Crippen LogP contribution is 2.40. The number of amides is 1. The van der Waals surface area contributed by atoms with Gasteiger partial charge in [-0.2, -0.15) is 0 Å². The number of nitrogens with zero attached hydrogens (tertiary/aromatic N) is 3. The van der Waals surface area contributed by atoms with Gasteiger partial charge in [0.2, 0.25) is 0 Å². The Morgan fingerprint density at radius 3 is 2.51 bits per heavy atom. The zero-order chi connectivity index (χ0) is 24.4. The summed E-state index contributed by atoms with van der Waals surface area (Å²) in [6.07, 6.45) is 6.14. The second-order valence-electron chi connectivity index (χ2n) is 8.85. The minimum absolute atomic E-state index is 0.0258. The lowest BCUT2D eigenvalue weighted by Gasteiger charge is -2.35. The van der Waals surface area contributed by atoms with Crippen molar-refractivity contribution in [3.63, 3.8) is 0 Å². The van der Waals surface area contributed by atoms with Gasteiger partial charge in [0, 0.05) is 29.8 Å². The fourth-order valence-corrected chi connectivity index (χ4v) is 5.64. The van der Waals surface area contributed by atoms with E-state index in [0.29, 0.717) is 27.5 Å². The van der Waals surface area contributed by atoms with Gasteiger partial charge in [0.1, 0.15) is 11.5 Å². The smallest absolute Gasteiger partial charge is 0.269 e. The number of nitro groups is 1. The summed E-state index contributed by atoms with van der Waals surface area (Å²) >= 11 is 1.37. The maximum absolute atomic E-state index is 13.6. The van der Waals surface area contributed by atoms with Gasteiger partial charge in [0.25, 0.3) is 11.6 Å². The number of nitro benzene ring substituents is 1. The summed E-state index contributed by atoms with van der Waals surface area (Å²) in [7, 11) is 0. The first-order valence-corrected chi connectivity index (χ1v) is 12.5. The van der Waals surface area contributed by atoms with Crippen LogP contribution in [0.5, 0.6) is 0 Å². The third-order valence-corrected chi connectivity index (χ3v) is 7.46. The number of benzene rings is 2. The van der Waals surface area contributed by atoms with Gasteiger partial charge < -0.3 is 4.42 Å². The van der Waals surface area contributed by atoms with Crippen molar-refractivity contribution >= 4 is 40.3 Å². The Bertz CT molecular complexity index is 1300. The normalized spacial score (nSPS) is 22.8. The number of amidine groups is 1. The molecule has 8 heteroatoms. The average Bonchev–Trinajstić information content (AvgIpc) is 3.45. The Morgan fingerprint density at radius 2 is 1.80 bits per heavy atom. The molecule has 0 spiro atoms. The fraction of sp³-hybridized carbons (Fsp3) is 0.259. The zero-order valence-corrected chi connectivity index (χ0v) is 20.1. The number of carbonyl (C=O) groups is 1. The first-order valence-electron chi connectivity index (χ1n) is 11.7. The molecule has 0 N–H and O–H groups in total. The van der Waals surface area contributed by atoms with Crippen LogP contribution >= 0.6 is 11.8 Å². The van der Waals surface area contributed by atoms with E-state index in [1.165, 1.54) is 30.3 Å². The van der Waals surface area contributed by atoms with Crippen molar-refractivity contribution in [1.29, 1.82) is 0 Å². The molecule has 2 aromatic carbocycles. The summed E-state index contributed by atoms with van der Waals surface area (Å²) < 4.78 is 5.97. The lowest BCUT2D eigenvalue weighted by Crippen LogP contribution is -2.44. The summed E-state index contributed by atoms with van der Waals surface area (Å²) in [4.78, 5) is 31.3. The molecule has 1 aliphatic carbocycles. The number of thioether (sulfide) groups is 1. The van der Waals surface area contributed by atoms with Gasteiger partial charge in [-0.3, -0.25) is 19.8 Å². The number of aliphatic imine (C=N–C) groups is 1. The molecular weight excluding hydrogens is 462 g/mol. The third-order valence-electron chi connectivity index (χ3n) is 6.48. The van der Waals surface area contributed by atoms with Crippen LogP contribution in [0.3, 0.4) is 0 Å². The Labute approximate surface area is 207 Å². The topological polar surface area (TPSA) is 89.0 Å². The van der Waals surface area contributed by atoms with E-state index in [0.717, 1.165) is 30.5 Å². The Balaban J connectivity index is 1.45.